The second-order valence-electron chi connectivity index (χ2n) is 4.69. The third kappa shape index (κ3) is 4.80. The number of halogens is 1. The standard InChI is InChI=1S/C16H16BrNO4S/c1-10(15(19)18-9-12-4-3-7-23-12)22-16(20)13-8-11(21-2)5-6-14(13)17/h3-8,10H,9H2,1-2H3,(H,18,19)/t10-/m0/s1. The van der Waals surface area contributed by atoms with Gasteiger partial charge >= 0.3 is 5.97 Å². The minimum Gasteiger partial charge on any atom is -0.497 e. The number of carbonyl (C=O) groups excluding carboxylic acids is 2. The number of thiophene rings is 1. The van der Waals surface area contributed by atoms with E-state index < -0.39 is 12.1 Å². The number of hydrogen-bond donors (Lipinski definition) is 1. The van der Waals surface area contributed by atoms with Gasteiger partial charge < -0.3 is 14.8 Å². The predicted molar refractivity (Wildman–Crippen MR) is 91.7 cm³/mol. The van der Waals surface area contributed by atoms with Gasteiger partial charge in [-0.05, 0) is 52.5 Å². The van der Waals surface area contributed by atoms with Gasteiger partial charge in [0.05, 0.1) is 19.2 Å². The Morgan fingerprint density at radius 2 is 2.13 bits per heavy atom. The minimum atomic E-state index is -0.888. The predicted octanol–water partition coefficient (Wildman–Crippen LogP) is 3.38. The van der Waals surface area contributed by atoms with E-state index in [-0.39, 0.29) is 5.91 Å². The van der Waals surface area contributed by atoms with E-state index in [0.717, 1.165) is 4.88 Å². The number of amides is 1. The molecule has 122 valence electrons. The molecule has 0 spiro atoms. The summed E-state index contributed by atoms with van der Waals surface area (Å²) in [5.74, 6) is -0.393. The van der Waals surface area contributed by atoms with Crippen molar-refractivity contribution in [3.8, 4) is 5.75 Å². The van der Waals surface area contributed by atoms with Crippen LogP contribution in [0.4, 0.5) is 0 Å². The SMILES string of the molecule is COc1ccc(Br)c(C(=O)O[C@@H](C)C(=O)NCc2cccs2)c1. The molecule has 1 aromatic heterocycles. The first kappa shape index (κ1) is 17.5. The first-order valence-electron chi connectivity index (χ1n) is 6.86. The summed E-state index contributed by atoms with van der Waals surface area (Å²) in [5.41, 5.74) is 0.308. The quantitative estimate of drug-likeness (QED) is 0.758. The lowest BCUT2D eigenvalue weighted by Crippen LogP contribution is -2.35. The van der Waals surface area contributed by atoms with Crippen LogP contribution >= 0.6 is 27.3 Å². The molecule has 2 rings (SSSR count). The molecule has 1 atom stereocenters. The van der Waals surface area contributed by atoms with Crippen molar-refractivity contribution < 1.29 is 19.1 Å². The highest BCUT2D eigenvalue weighted by Gasteiger charge is 2.20. The fourth-order valence-corrected chi connectivity index (χ4v) is 2.85. The van der Waals surface area contributed by atoms with Crippen LogP contribution in [0.2, 0.25) is 0 Å². The minimum absolute atomic E-state index is 0.308. The Hall–Kier alpha value is -1.86. The van der Waals surface area contributed by atoms with Gasteiger partial charge in [-0.3, -0.25) is 4.79 Å². The van der Waals surface area contributed by atoms with Crippen molar-refractivity contribution in [2.45, 2.75) is 19.6 Å². The Bertz CT molecular complexity index is 687. The van der Waals surface area contributed by atoms with Crippen LogP contribution in [0.25, 0.3) is 0 Å². The Kier molecular flexibility index (Phi) is 6.18. The van der Waals surface area contributed by atoms with Crippen molar-refractivity contribution in [3.63, 3.8) is 0 Å². The van der Waals surface area contributed by atoms with Gasteiger partial charge in [-0.1, -0.05) is 6.07 Å². The molecule has 1 N–H and O–H groups in total. The first-order chi connectivity index (χ1) is 11.0. The lowest BCUT2D eigenvalue weighted by molar-refractivity contribution is -0.129. The van der Waals surface area contributed by atoms with Crippen LogP contribution in [0.5, 0.6) is 5.75 Å². The van der Waals surface area contributed by atoms with Crippen LogP contribution in [-0.2, 0) is 16.1 Å². The molecule has 0 fully saturated rings. The Morgan fingerprint density at radius 3 is 2.78 bits per heavy atom. The third-order valence-corrected chi connectivity index (χ3v) is 4.63. The van der Waals surface area contributed by atoms with E-state index in [1.807, 2.05) is 17.5 Å². The van der Waals surface area contributed by atoms with Gasteiger partial charge in [0.2, 0.25) is 0 Å². The van der Waals surface area contributed by atoms with Gasteiger partial charge in [0.1, 0.15) is 5.75 Å². The number of benzene rings is 1. The van der Waals surface area contributed by atoms with Crippen LogP contribution in [0.15, 0.2) is 40.2 Å². The molecule has 0 bridgehead atoms. The first-order valence-corrected chi connectivity index (χ1v) is 8.53. The van der Waals surface area contributed by atoms with Crippen molar-refractivity contribution in [2.75, 3.05) is 7.11 Å². The Labute approximate surface area is 146 Å². The summed E-state index contributed by atoms with van der Waals surface area (Å²) in [4.78, 5) is 25.2. The van der Waals surface area contributed by atoms with Gasteiger partial charge in [-0.15, -0.1) is 11.3 Å². The number of methoxy groups -OCH3 is 1. The summed E-state index contributed by atoms with van der Waals surface area (Å²) in [5, 5.41) is 4.67. The van der Waals surface area contributed by atoms with Crippen LogP contribution in [0.1, 0.15) is 22.2 Å². The van der Waals surface area contributed by atoms with Crippen molar-refractivity contribution in [1.82, 2.24) is 5.32 Å². The van der Waals surface area contributed by atoms with E-state index in [1.54, 1.807) is 29.5 Å². The molecule has 7 heteroatoms. The highest BCUT2D eigenvalue weighted by Crippen LogP contribution is 2.23. The van der Waals surface area contributed by atoms with E-state index in [2.05, 4.69) is 21.2 Å². The summed E-state index contributed by atoms with van der Waals surface area (Å²) in [6, 6.07) is 8.81. The molecule has 0 aliphatic carbocycles. The van der Waals surface area contributed by atoms with Gasteiger partial charge in [0.15, 0.2) is 6.10 Å². The maximum absolute atomic E-state index is 12.2. The topological polar surface area (TPSA) is 64.6 Å². The summed E-state index contributed by atoms with van der Waals surface area (Å²) in [6.45, 7) is 1.96. The fraction of sp³-hybridized carbons (Fsp3) is 0.250. The lowest BCUT2D eigenvalue weighted by Gasteiger charge is -2.14. The number of nitrogens with one attached hydrogen (secondary N) is 1. The second kappa shape index (κ2) is 8.12. The molecule has 0 saturated carbocycles. The van der Waals surface area contributed by atoms with Crippen molar-refractivity contribution >= 4 is 39.1 Å². The zero-order valence-electron chi connectivity index (χ0n) is 12.7. The van der Waals surface area contributed by atoms with Crippen molar-refractivity contribution in [2.24, 2.45) is 0 Å². The van der Waals surface area contributed by atoms with E-state index in [4.69, 9.17) is 9.47 Å². The average Bonchev–Trinajstić information content (AvgIpc) is 3.06. The second-order valence-corrected chi connectivity index (χ2v) is 6.58. The van der Waals surface area contributed by atoms with Crippen molar-refractivity contribution in [3.05, 3.63) is 50.6 Å². The van der Waals surface area contributed by atoms with Crippen LogP contribution in [0.3, 0.4) is 0 Å². The van der Waals surface area contributed by atoms with Gasteiger partial charge in [0, 0.05) is 9.35 Å². The Balaban J connectivity index is 1.94. The smallest absolute Gasteiger partial charge is 0.340 e. The van der Waals surface area contributed by atoms with Gasteiger partial charge in [-0.25, -0.2) is 4.79 Å². The summed E-state index contributed by atoms with van der Waals surface area (Å²) < 4.78 is 10.9. The zero-order valence-corrected chi connectivity index (χ0v) is 15.1. The average molecular weight is 398 g/mol. The van der Waals surface area contributed by atoms with Crippen LogP contribution in [-0.4, -0.2) is 25.1 Å². The molecule has 0 saturated heterocycles. The molecule has 0 radical (unpaired) electrons. The maximum Gasteiger partial charge on any atom is 0.340 e. The molecule has 0 aliphatic rings. The molecular formula is C16H16BrNO4S. The molecule has 23 heavy (non-hydrogen) atoms. The number of hydrogen-bond acceptors (Lipinski definition) is 5. The van der Waals surface area contributed by atoms with Crippen LogP contribution in [0, 0.1) is 0 Å². The molecule has 1 amide bonds. The maximum atomic E-state index is 12.2. The number of ether oxygens (including phenoxy) is 2. The van der Waals surface area contributed by atoms with Crippen molar-refractivity contribution in [1.29, 1.82) is 0 Å². The number of rotatable bonds is 6. The molecular weight excluding hydrogens is 382 g/mol. The van der Waals surface area contributed by atoms with E-state index in [0.29, 0.717) is 22.3 Å². The normalized spacial score (nSPS) is 11.6. The van der Waals surface area contributed by atoms with E-state index in [1.165, 1.54) is 14.0 Å². The molecule has 5 nitrogen and oxygen atoms in total. The monoisotopic (exact) mass is 397 g/mol. The zero-order chi connectivity index (χ0) is 16.8. The molecule has 0 unspecified atom stereocenters. The number of esters is 1. The highest BCUT2D eigenvalue weighted by atomic mass is 79.9. The molecule has 0 aliphatic heterocycles. The highest BCUT2D eigenvalue weighted by molar-refractivity contribution is 9.10. The molecule has 1 aromatic carbocycles. The lowest BCUT2D eigenvalue weighted by atomic mass is 10.2. The van der Waals surface area contributed by atoms with Gasteiger partial charge in [-0.2, -0.15) is 0 Å². The summed E-state index contributed by atoms with van der Waals surface area (Å²) >= 11 is 4.84. The number of carbonyl (C=O) groups is 2. The largest absolute Gasteiger partial charge is 0.497 e. The van der Waals surface area contributed by atoms with Crippen LogP contribution < -0.4 is 10.1 Å². The van der Waals surface area contributed by atoms with Gasteiger partial charge in [0.25, 0.3) is 5.91 Å². The molecule has 1 heterocycles. The van der Waals surface area contributed by atoms with E-state index in [9.17, 15) is 9.59 Å². The van der Waals surface area contributed by atoms with E-state index >= 15 is 0 Å². The fourth-order valence-electron chi connectivity index (χ4n) is 1.80. The third-order valence-electron chi connectivity index (χ3n) is 3.06. The summed E-state index contributed by atoms with van der Waals surface area (Å²) in [6.07, 6.45) is -0.888. The Morgan fingerprint density at radius 1 is 1.35 bits per heavy atom. The molecule has 2 aromatic rings. The summed E-state index contributed by atoms with van der Waals surface area (Å²) in [7, 11) is 1.51.